The fourth-order valence-electron chi connectivity index (χ4n) is 10.8. The van der Waals surface area contributed by atoms with Crippen molar-refractivity contribution in [3.05, 3.63) is 203 Å². The van der Waals surface area contributed by atoms with Crippen LogP contribution in [0.25, 0.3) is 96.1 Å². The number of aromatic nitrogens is 1. The molecule has 67 heavy (non-hydrogen) atoms. The van der Waals surface area contributed by atoms with E-state index < -0.39 is 0 Å². The van der Waals surface area contributed by atoms with Crippen LogP contribution < -0.4 is 0 Å². The van der Waals surface area contributed by atoms with Crippen LogP contribution >= 0.6 is 22.7 Å². The second-order valence-corrected chi connectivity index (χ2v) is 20.5. The first-order chi connectivity index (χ1) is 33.0. The van der Waals surface area contributed by atoms with E-state index in [2.05, 4.69) is 207 Å². The van der Waals surface area contributed by atoms with Crippen molar-refractivity contribution in [2.45, 2.75) is 46.1 Å². The third-order valence-corrected chi connectivity index (χ3v) is 16.9. The highest BCUT2D eigenvalue weighted by molar-refractivity contribution is 7.27. The van der Waals surface area contributed by atoms with Crippen LogP contribution in [0.5, 0.6) is 0 Å². The largest absolute Gasteiger partial charge is 0.308 e. The molecule has 0 bridgehead atoms. The minimum atomic E-state index is -0.109. The quantitative estimate of drug-likeness (QED) is 0.113. The molecule has 1 aliphatic carbocycles. The summed E-state index contributed by atoms with van der Waals surface area (Å²) in [7, 11) is 0. The SMILES string of the molecule is CCC(C)C(/N=C(\N=C(/C)c1cc(-n2c3ccccc3c3cc4ccccc4cc32)c2sc3c4ccccc4ccc3c2c1)c1cccc2sc3c(c12)C=CCC3)c1cccc2ccccc12. The van der Waals surface area contributed by atoms with Crippen molar-refractivity contribution in [3.63, 3.8) is 0 Å². The number of fused-ring (bicyclic) bond motifs is 13. The summed E-state index contributed by atoms with van der Waals surface area (Å²) < 4.78 is 6.39. The molecule has 2 atom stereocenters. The number of thiophene rings is 2. The van der Waals surface area contributed by atoms with Crippen molar-refractivity contribution < 1.29 is 0 Å². The molecule has 322 valence electrons. The van der Waals surface area contributed by atoms with Crippen LogP contribution in [0, 0.1) is 5.92 Å². The second kappa shape index (κ2) is 16.0. The normalized spacial score (nSPS) is 14.4. The van der Waals surface area contributed by atoms with Gasteiger partial charge in [-0.1, -0.05) is 166 Å². The van der Waals surface area contributed by atoms with Gasteiger partial charge in [-0.05, 0) is 111 Å². The zero-order valence-corrected chi connectivity index (χ0v) is 39.4. The Labute approximate surface area is 397 Å². The zero-order valence-electron chi connectivity index (χ0n) is 37.8. The predicted molar refractivity (Wildman–Crippen MR) is 293 cm³/mol. The second-order valence-electron chi connectivity index (χ2n) is 18.3. The number of aliphatic imine (C=N–C) groups is 2. The number of para-hydroxylation sites is 1. The van der Waals surface area contributed by atoms with Gasteiger partial charge in [0.15, 0.2) is 5.84 Å². The van der Waals surface area contributed by atoms with Gasteiger partial charge in [0.1, 0.15) is 0 Å². The maximum absolute atomic E-state index is 5.91. The van der Waals surface area contributed by atoms with Crippen LogP contribution in [0.2, 0.25) is 0 Å². The van der Waals surface area contributed by atoms with E-state index in [4.69, 9.17) is 9.98 Å². The van der Waals surface area contributed by atoms with Crippen molar-refractivity contribution in [2.24, 2.45) is 15.9 Å². The van der Waals surface area contributed by atoms with Crippen LogP contribution in [-0.2, 0) is 6.42 Å². The first-order valence-electron chi connectivity index (χ1n) is 23.6. The van der Waals surface area contributed by atoms with Crippen LogP contribution in [0.3, 0.4) is 0 Å². The van der Waals surface area contributed by atoms with E-state index in [1.165, 1.54) is 106 Å². The molecule has 12 aromatic rings. The summed E-state index contributed by atoms with van der Waals surface area (Å²) in [6.07, 6.45) is 7.80. The summed E-state index contributed by atoms with van der Waals surface area (Å²) in [5.74, 6) is 1.06. The monoisotopic (exact) mass is 897 g/mol. The number of rotatable bonds is 7. The number of aryl methyl sites for hydroxylation is 1. The molecular weight excluding hydrogens is 851 g/mol. The average Bonchev–Trinajstić information content (AvgIpc) is 4.06. The van der Waals surface area contributed by atoms with Gasteiger partial charge in [0.2, 0.25) is 0 Å². The molecule has 3 nitrogen and oxygen atoms in total. The van der Waals surface area contributed by atoms with Crippen LogP contribution in [0.1, 0.15) is 66.8 Å². The van der Waals surface area contributed by atoms with E-state index in [0.717, 1.165) is 41.9 Å². The number of benzene rings is 9. The summed E-state index contributed by atoms with van der Waals surface area (Å²) in [4.78, 5) is 13.2. The third kappa shape index (κ3) is 6.51. The number of hydrogen-bond acceptors (Lipinski definition) is 3. The molecule has 0 radical (unpaired) electrons. The van der Waals surface area contributed by atoms with Crippen molar-refractivity contribution in [3.8, 4) is 5.69 Å². The minimum Gasteiger partial charge on any atom is -0.308 e. The topological polar surface area (TPSA) is 29.6 Å². The summed E-state index contributed by atoms with van der Waals surface area (Å²) in [5, 5.41) is 13.8. The maximum atomic E-state index is 5.91. The molecular formula is C62H47N3S2. The molecule has 13 rings (SSSR count). The highest BCUT2D eigenvalue weighted by Crippen LogP contribution is 2.45. The smallest absolute Gasteiger partial charge is 0.156 e. The van der Waals surface area contributed by atoms with E-state index in [0.29, 0.717) is 0 Å². The fraction of sp³-hybridized carbons (Fsp3) is 0.129. The number of allylic oxidation sites excluding steroid dienone is 1. The molecule has 0 fully saturated rings. The molecule has 0 amide bonds. The van der Waals surface area contributed by atoms with Gasteiger partial charge in [0.05, 0.1) is 27.5 Å². The molecule has 3 heterocycles. The Hall–Kier alpha value is -7.18. The van der Waals surface area contributed by atoms with Crippen molar-refractivity contribution >= 4 is 125 Å². The van der Waals surface area contributed by atoms with E-state index in [-0.39, 0.29) is 12.0 Å². The van der Waals surface area contributed by atoms with Gasteiger partial charge < -0.3 is 4.57 Å². The molecule has 0 spiro atoms. The lowest BCUT2D eigenvalue weighted by molar-refractivity contribution is 0.461. The van der Waals surface area contributed by atoms with Gasteiger partial charge in [-0.15, -0.1) is 22.7 Å². The van der Waals surface area contributed by atoms with Crippen LogP contribution in [0.4, 0.5) is 0 Å². The summed E-state index contributed by atoms with van der Waals surface area (Å²) >= 11 is 3.83. The Bertz CT molecular complexity index is 4070. The number of nitrogens with zero attached hydrogens (tertiary/aromatic N) is 3. The minimum absolute atomic E-state index is 0.109. The van der Waals surface area contributed by atoms with E-state index >= 15 is 0 Å². The summed E-state index contributed by atoms with van der Waals surface area (Å²) in [6, 6.07) is 62.7. The Balaban J connectivity index is 1.11. The molecule has 9 aromatic carbocycles. The standard InChI is InChI=1S/C62H47N3S2/c1-4-37(2)59(47-26-15-21-39-17-7-9-22-44(39)47)64-62(50-27-16-30-57-58(50)49-25-12-14-29-56(49)66-57)63-38(3)43-34-52-48-32-31-40-18-8-10-23-45(40)60(48)67-61(52)55(36-43)65-53-28-13-11-24-46(53)51-33-41-19-5-6-20-42(41)35-54(51)65/h5-13,15-28,30-37,59H,4,14,29H2,1-3H3/b63-38+,64-62-. The lowest BCUT2D eigenvalue weighted by Gasteiger charge is -2.23. The Morgan fingerprint density at radius 2 is 1.33 bits per heavy atom. The van der Waals surface area contributed by atoms with Crippen LogP contribution in [0.15, 0.2) is 186 Å². The molecule has 5 heteroatoms. The van der Waals surface area contributed by atoms with Gasteiger partial charge in [0, 0.05) is 52.5 Å². The highest BCUT2D eigenvalue weighted by atomic mass is 32.1. The summed E-state index contributed by atoms with van der Waals surface area (Å²) in [5.41, 5.74) is 9.25. The third-order valence-electron chi connectivity index (χ3n) is 14.4. The van der Waals surface area contributed by atoms with Gasteiger partial charge in [-0.25, -0.2) is 4.99 Å². The molecule has 0 saturated heterocycles. The number of amidine groups is 1. The average molecular weight is 898 g/mol. The van der Waals surface area contributed by atoms with Crippen molar-refractivity contribution in [2.75, 3.05) is 0 Å². The Kier molecular flexibility index (Phi) is 9.59. The van der Waals surface area contributed by atoms with E-state index in [9.17, 15) is 0 Å². The van der Waals surface area contributed by atoms with E-state index in [1.54, 1.807) is 0 Å². The molecule has 1 aliphatic rings. The Morgan fingerprint density at radius 3 is 2.16 bits per heavy atom. The van der Waals surface area contributed by atoms with Crippen molar-refractivity contribution in [1.82, 2.24) is 4.57 Å². The Morgan fingerprint density at radius 1 is 0.612 bits per heavy atom. The number of hydrogen-bond donors (Lipinski definition) is 0. The van der Waals surface area contributed by atoms with Gasteiger partial charge in [-0.3, -0.25) is 4.99 Å². The maximum Gasteiger partial charge on any atom is 0.156 e. The lowest BCUT2D eigenvalue weighted by atomic mass is 9.89. The van der Waals surface area contributed by atoms with Gasteiger partial charge in [0.25, 0.3) is 0 Å². The van der Waals surface area contributed by atoms with Crippen molar-refractivity contribution in [1.29, 1.82) is 0 Å². The van der Waals surface area contributed by atoms with Gasteiger partial charge >= 0.3 is 0 Å². The van der Waals surface area contributed by atoms with Crippen LogP contribution in [-0.4, -0.2) is 16.1 Å². The molecule has 0 saturated carbocycles. The first kappa shape index (κ1) is 40.1. The zero-order chi connectivity index (χ0) is 44.8. The molecule has 2 unspecified atom stereocenters. The van der Waals surface area contributed by atoms with E-state index in [1.807, 2.05) is 22.7 Å². The molecule has 0 aliphatic heterocycles. The first-order valence-corrected chi connectivity index (χ1v) is 25.3. The predicted octanol–water partition coefficient (Wildman–Crippen LogP) is 17.8. The molecule has 3 aromatic heterocycles. The highest BCUT2D eigenvalue weighted by Gasteiger charge is 2.25. The molecule has 0 N–H and O–H groups in total. The fourth-order valence-corrected chi connectivity index (χ4v) is 13.4. The van der Waals surface area contributed by atoms with Gasteiger partial charge in [-0.2, -0.15) is 0 Å². The lowest BCUT2D eigenvalue weighted by Crippen LogP contribution is -2.13. The summed E-state index contributed by atoms with van der Waals surface area (Å²) in [6.45, 7) is 6.83.